The molecule has 2 amide bonds. The smallest absolute Gasteiger partial charge is 0.352 e. The van der Waals surface area contributed by atoms with Crippen LogP contribution in [-0.2, 0) is 36.3 Å². The number of rotatable bonds is 5. The number of alkyl halides is 7. The number of hydrogen-bond donors (Lipinski definition) is 1. The van der Waals surface area contributed by atoms with E-state index < -0.39 is 73.7 Å². The van der Waals surface area contributed by atoms with Crippen LogP contribution in [0.3, 0.4) is 0 Å². The van der Waals surface area contributed by atoms with Gasteiger partial charge in [-0.05, 0) is 61.1 Å². The van der Waals surface area contributed by atoms with Gasteiger partial charge in [-0.2, -0.15) is 26.3 Å². The summed E-state index contributed by atoms with van der Waals surface area (Å²) in [6, 6.07) is 4.41. The van der Waals surface area contributed by atoms with E-state index in [0.29, 0.717) is 6.07 Å². The zero-order chi connectivity index (χ0) is 31.6. The minimum atomic E-state index is -6.36. The van der Waals surface area contributed by atoms with Crippen LogP contribution in [0.2, 0.25) is 0 Å². The molecule has 0 radical (unpaired) electrons. The summed E-state index contributed by atoms with van der Waals surface area (Å²) in [5.74, 6) is -3.80. The zero-order valence-corrected chi connectivity index (χ0v) is 22.7. The van der Waals surface area contributed by atoms with Crippen LogP contribution in [0.4, 0.5) is 35.1 Å². The molecule has 5 rings (SSSR count). The molecule has 0 aromatic heterocycles. The van der Waals surface area contributed by atoms with Gasteiger partial charge in [-0.25, -0.2) is 22.2 Å². The highest BCUT2D eigenvalue weighted by Crippen LogP contribution is 2.59. The van der Waals surface area contributed by atoms with Gasteiger partial charge in [0.25, 0.3) is 5.91 Å². The number of amides is 2. The lowest BCUT2D eigenvalue weighted by atomic mass is 9.74. The largest absolute Gasteiger partial charge is 0.435 e. The van der Waals surface area contributed by atoms with E-state index in [1.807, 2.05) is 0 Å². The number of carbonyl (C=O) groups excluding carboxylic acids is 2. The molecule has 1 heterocycles. The van der Waals surface area contributed by atoms with Gasteiger partial charge in [-0.1, -0.05) is 24.3 Å². The molecule has 4 atom stereocenters. The predicted octanol–water partition coefficient (Wildman–Crippen LogP) is 5.41. The normalized spacial score (nSPS) is 25.8. The minimum Gasteiger partial charge on any atom is -0.352 e. The van der Waals surface area contributed by atoms with Crippen LogP contribution in [-0.4, -0.2) is 44.8 Å². The summed E-state index contributed by atoms with van der Waals surface area (Å²) in [6.45, 7) is 0. The van der Waals surface area contributed by atoms with Crippen molar-refractivity contribution in [3.8, 4) is 0 Å². The molecular formula is C28H22F8N2O4S. The topological polar surface area (TPSA) is 92.7 Å². The maximum Gasteiger partial charge on any atom is 0.435 e. The first-order valence-corrected chi connectivity index (χ1v) is 14.4. The van der Waals surface area contributed by atoms with Gasteiger partial charge in [-0.15, -0.1) is 0 Å². The van der Waals surface area contributed by atoms with Crippen molar-refractivity contribution in [3.63, 3.8) is 0 Å². The summed E-state index contributed by atoms with van der Waals surface area (Å²) in [6.07, 6.45) is -9.72. The summed E-state index contributed by atoms with van der Waals surface area (Å²) in [7, 11) is -4.54. The van der Waals surface area contributed by atoms with Crippen LogP contribution in [0.15, 0.2) is 64.5 Å². The molecule has 2 aliphatic carbocycles. The molecule has 0 spiro atoms. The lowest BCUT2D eigenvalue weighted by molar-refractivity contribution is -0.348. The lowest BCUT2D eigenvalue weighted by Crippen LogP contribution is -2.51. The third kappa shape index (κ3) is 4.75. The van der Waals surface area contributed by atoms with Crippen molar-refractivity contribution in [2.75, 3.05) is 0 Å². The minimum absolute atomic E-state index is 0.0443. The molecule has 0 bridgehead atoms. The Kier molecular flexibility index (Phi) is 7.34. The number of aryl methyl sites for hydroxylation is 1. The maximum atomic E-state index is 14.9. The van der Waals surface area contributed by atoms with E-state index in [-0.39, 0.29) is 47.8 Å². The summed E-state index contributed by atoms with van der Waals surface area (Å²) in [5.41, 5.74) is -7.79. The maximum absolute atomic E-state index is 14.9. The number of nitrogens with one attached hydrogen (secondary N) is 1. The van der Waals surface area contributed by atoms with Crippen molar-refractivity contribution in [2.24, 2.45) is 16.8 Å². The Morgan fingerprint density at radius 2 is 1.60 bits per heavy atom. The number of fused-ring (bicyclic) bond motifs is 3. The molecule has 1 aliphatic heterocycles. The van der Waals surface area contributed by atoms with E-state index in [4.69, 9.17) is 0 Å². The summed E-state index contributed by atoms with van der Waals surface area (Å²) in [5, 5.41) is 2.75. The fourth-order valence-corrected chi connectivity index (χ4v) is 8.89. The van der Waals surface area contributed by atoms with Crippen LogP contribution >= 0.6 is 0 Å². The lowest BCUT2D eigenvalue weighted by Gasteiger charge is -2.43. The van der Waals surface area contributed by atoms with Gasteiger partial charge in [0.15, 0.2) is 9.84 Å². The van der Waals surface area contributed by atoms with Crippen LogP contribution in [0.25, 0.3) is 0 Å². The predicted molar refractivity (Wildman–Crippen MR) is 136 cm³/mol. The summed E-state index contributed by atoms with van der Waals surface area (Å²) < 4.78 is 136. The Balaban J connectivity index is 1.63. The molecule has 43 heavy (non-hydrogen) atoms. The summed E-state index contributed by atoms with van der Waals surface area (Å²) in [4.78, 5) is 27.5. The van der Waals surface area contributed by atoms with E-state index >= 15 is 0 Å². The first kappa shape index (κ1) is 30.8. The third-order valence-electron chi connectivity index (χ3n) is 8.42. The fourth-order valence-electron chi connectivity index (χ4n) is 6.42. The molecule has 2 aromatic carbocycles. The highest BCUT2D eigenvalue weighted by Gasteiger charge is 2.73. The Bertz CT molecular complexity index is 1600. The summed E-state index contributed by atoms with van der Waals surface area (Å²) >= 11 is 0. The van der Waals surface area contributed by atoms with E-state index in [2.05, 4.69) is 10.3 Å². The van der Waals surface area contributed by atoms with Crippen molar-refractivity contribution in [1.29, 1.82) is 0 Å². The van der Waals surface area contributed by atoms with Crippen LogP contribution in [0.1, 0.15) is 36.0 Å². The van der Waals surface area contributed by atoms with Crippen LogP contribution in [0, 0.1) is 17.7 Å². The average molecular weight is 635 g/mol. The molecule has 1 N–H and O–H groups in total. The van der Waals surface area contributed by atoms with Gasteiger partial charge in [0, 0.05) is 29.8 Å². The molecule has 2 aromatic rings. The number of sulfone groups is 1. The highest BCUT2D eigenvalue weighted by molar-refractivity contribution is 7.92. The molecule has 230 valence electrons. The Labute approximate surface area is 239 Å². The van der Waals surface area contributed by atoms with Gasteiger partial charge in [-0.3, -0.25) is 9.59 Å². The number of aliphatic imine (C=N–C) groups is 1. The zero-order valence-electron chi connectivity index (χ0n) is 21.8. The number of hydrogen-bond acceptors (Lipinski definition) is 4. The first-order valence-electron chi connectivity index (χ1n) is 13.0. The van der Waals surface area contributed by atoms with Gasteiger partial charge in [0.2, 0.25) is 5.91 Å². The van der Waals surface area contributed by atoms with E-state index in [9.17, 15) is 53.1 Å². The quantitative estimate of drug-likeness (QED) is 0.352. The highest BCUT2D eigenvalue weighted by atomic mass is 32.2. The van der Waals surface area contributed by atoms with Crippen molar-refractivity contribution in [3.05, 3.63) is 77.1 Å². The SMILES string of the molecule is O=C1C=CC(C(=O)N[C@@H]2CC[C@@]3(S(=O)(=O)c4ccc(F)cc4)c4ccc(C(F)(C(F)(F)F)C(F)(F)F)cc4CC[C@@H]23)C=N1. The van der Waals surface area contributed by atoms with Crippen molar-refractivity contribution < 1.29 is 53.1 Å². The van der Waals surface area contributed by atoms with E-state index in [1.165, 1.54) is 6.08 Å². The van der Waals surface area contributed by atoms with E-state index in [0.717, 1.165) is 42.6 Å². The molecule has 6 nitrogen and oxygen atoms in total. The van der Waals surface area contributed by atoms with Gasteiger partial charge in [0.1, 0.15) is 10.6 Å². The Hall–Kier alpha value is -3.62. The van der Waals surface area contributed by atoms with Crippen LogP contribution in [0.5, 0.6) is 0 Å². The molecule has 0 saturated heterocycles. The number of halogens is 8. The average Bonchev–Trinajstić information content (AvgIpc) is 3.31. The number of nitrogens with zero attached hydrogens (tertiary/aromatic N) is 1. The van der Waals surface area contributed by atoms with E-state index in [1.54, 1.807) is 0 Å². The van der Waals surface area contributed by atoms with Crippen molar-refractivity contribution >= 4 is 27.9 Å². The molecular weight excluding hydrogens is 612 g/mol. The van der Waals surface area contributed by atoms with Gasteiger partial charge < -0.3 is 5.32 Å². The molecule has 1 saturated carbocycles. The monoisotopic (exact) mass is 634 g/mol. The van der Waals surface area contributed by atoms with Crippen molar-refractivity contribution in [2.45, 2.75) is 59.4 Å². The molecule has 15 heteroatoms. The Morgan fingerprint density at radius 1 is 0.953 bits per heavy atom. The number of dihydropyridines is 1. The Morgan fingerprint density at radius 3 is 2.19 bits per heavy atom. The molecule has 1 fully saturated rings. The second-order valence-electron chi connectivity index (χ2n) is 10.7. The van der Waals surface area contributed by atoms with Crippen LogP contribution < -0.4 is 5.32 Å². The second kappa shape index (κ2) is 10.2. The first-order chi connectivity index (χ1) is 19.9. The number of benzene rings is 2. The fraction of sp³-hybridized carbons (Fsp3) is 0.393. The third-order valence-corrected chi connectivity index (χ3v) is 11.0. The molecule has 3 aliphatic rings. The van der Waals surface area contributed by atoms with Gasteiger partial charge in [0.05, 0.1) is 10.8 Å². The second-order valence-corrected chi connectivity index (χ2v) is 12.9. The standard InChI is InChI=1S/C28H22F8N2O4S/c29-18-4-6-19(7-5-18)43(41,42)25-12-11-22(38-24(40)16-2-10-23(39)37-14-16)21(25)8-1-15-13-17(3-9-20(15)25)26(30,27(31,32)33)28(34,35)36/h2-7,9-10,13-14,16,21-22H,1,8,11-12H2,(H,38,40)/t16?,21-,22+,25+/m0/s1. The molecule has 1 unspecified atom stereocenters. The van der Waals surface area contributed by atoms with Gasteiger partial charge >= 0.3 is 18.0 Å². The van der Waals surface area contributed by atoms with Crippen molar-refractivity contribution in [1.82, 2.24) is 5.32 Å². The number of carbonyl (C=O) groups is 2.